The van der Waals surface area contributed by atoms with E-state index in [2.05, 4.69) is 29.2 Å². The molecule has 0 bridgehead atoms. The molecular formula is C14H25N3O. The van der Waals surface area contributed by atoms with Crippen LogP contribution >= 0.6 is 0 Å². The highest BCUT2D eigenvalue weighted by molar-refractivity contribution is 5.03. The molecular weight excluding hydrogens is 226 g/mol. The van der Waals surface area contributed by atoms with Crippen LogP contribution < -0.4 is 5.32 Å². The monoisotopic (exact) mass is 251 g/mol. The highest BCUT2D eigenvalue weighted by Gasteiger charge is 2.19. The Morgan fingerprint density at radius 3 is 3.06 bits per heavy atom. The fourth-order valence-corrected chi connectivity index (χ4v) is 2.66. The number of hydrogen-bond acceptors (Lipinski definition) is 4. The van der Waals surface area contributed by atoms with E-state index in [1.165, 1.54) is 12.8 Å². The fraction of sp³-hybridized carbons (Fsp3) is 0.786. The Morgan fingerprint density at radius 1 is 1.56 bits per heavy atom. The van der Waals surface area contributed by atoms with Gasteiger partial charge in [0.05, 0.1) is 12.2 Å². The zero-order chi connectivity index (χ0) is 13.0. The largest absolute Gasteiger partial charge is 0.360 e. The summed E-state index contributed by atoms with van der Waals surface area (Å²) in [7, 11) is 0. The van der Waals surface area contributed by atoms with Gasteiger partial charge in [-0.2, -0.15) is 0 Å². The Balaban J connectivity index is 1.90. The van der Waals surface area contributed by atoms with Crippen molar-refractivity contribution >= 4 is 0 Å². The van der Waals surface area contributed by atoms with Crippen molar-refractivity contribution in [1.82, 2.24) is 15.4 Å². The van der Waals surface area contributed by atoms with Gasteiger partial charge in [-0.25, -0.2) is 0 Å². The molecule has 1 saturated heterocycles. The minimum atomic E-state index is 0.608. The highest BCUT2D eigenvalue weighted by atomic mass is 16.5. The Bertz CT molecular complexity index is 362. The van der Waals surface area contributed by atoms with Crippen molar-refractivity contribution < 1.29 is 4.52 Å². The Kier molecular flexibility index (Phi) is 4.78. The quantitative estimate of drug-likeness (QED) is 0.890. The average molecular weight is 251 g/mol. The molecule has 1 unspecified atom stereocenters. The second-order valence-corrected chi connectivity index (χ2v) is 5.80. The van der Waals surface area contributed by atoms with Gasteiger partial charge in [0.2, 0.25) is 0 Å². The van der Waals surface area contributed by atoms with Crippen molar-refractivity contribution in [1.29, 1.82) is 0 Å². The summed E-state index contributed by atoms with van der Waals surface area (Å²) in [5.41, 5.74) is 0.969. The van der Waals surface area contributed by atoms with Crippen LogP contribution in [0.15, 0.2) is 10.6 Å². The van der Waals surface area contributed by atoms with Gasteiger partial charge in [0, 0.05) is 18.7 Å². The molecule has 1 atom stereocenters. The summed E-state index contributed by atoms with van der Waals surface area (Å²) in [5, 5.41) is 7.60. The standard InChI is InChI=1S/C14H25N3O/c1-11(2)7-13-9-17(6-4-5-15-13)10-14-8-12(3)16-18-14/h8,11,13,15H,4-7,9-10H2,1-3H3. The van der Waals surface area contributed by atoms with Crippen LogP contribution in [0.25, 0.3) is 0 Å². The van der Waals surface area contributed by atoms with Gasteiger partial charge in [-0.3, -0.25) is 4.90 Å². The molecule has 0 amide bonds. The maximum Gasteiger partial charge on any atom is 0.150 e. The predicted octanol–water partition coefficient (Wildman–Crippen LogP) is 2.19. The average Bonchev–Trinajstić information content (AvgIpc) is 2.56. The molecule has 2 rings (SSSR count). The number of nitrogens with zero attached hydrogens (tertiary/aromatic N) is 2. The molecule has 4 heteroatoms. The highest BCUT2D eigenvalue weighted by Crippen LogP contribution is 2.13. The predicted molar refractivity (Wildman–Crippen MR) is 72.4 cm³/mol. The minimum Gasteiger partial charge on any atom is -0.360 e. The molecule has 1 aliphatic rings. The number of nitrogens with one attached hydrogen (secondary N) is 1. The summed E-state index contributed by atoms with van der Waals surface area (Å²) in [4.78, 5) is 2.48. The van der Waals surface area contributed by atoms with E-state index >= 15 is 0 Å². The summed E-state index contributed by atoms with van der Waals surface area (Å²) in [6.45, 7) is 10.8. The van der Waals surface area contributed by atoms with E-state index in [1.54, 1.807) is 0 Å². The molecule has 0 radical (unpaired) electrons. The second kappa shape index (κ2) is 6.34. The maximum atomic E-state index is 5.31. The smallest absolute Gasteiger partial charge is 0.150 e. The van der Waals surface area contributed by atoms with Crippen LogP contribution in [0, 0.1) is 12.8 Å². The molecule has 2 heterocycles. The molecule has 0 spiro atoms. The molecule has 1 aromatic heterocycles. The summed E-state index contributed by atoms with van der Waals surface area (Å²) in [6.07, 6.45) is 2.45. The van der Waals surface area contributed by atoms with Crippen LogP contribution in [0.1, 0.15) is 38.1 Å². The lowest BCUT2D eigenvalue weighted by molar-refractivity contribution is 0.219. The zero-order valence-electron chi connectivity index (χ0n) is 11.8. The SMILES string of the molecule is Cc1cc(CN2CCCNC(CC(C)C)C2)on1. The van der Waals surface area contributed by atoms with Crippen LogP contribution in [0.3, 0.4) is 0 Å². The molecule has 0 saturated carbocycles. The van der Waals surface area contributed by atoms with Gasteiger partial charge in [-0.05, 0) is 38.8 Å². The van der Waals surface area contributed by atoms with Gasteiger partial charge < -0.3 is 9.84 Å². The van der Waals surface area contributed by atoms with Gasteiger partial charge in [-0.1, -0.05) is 19.0 Å². The number of rotatable bonds is 4. The molecule has 18 heavy (non-hydrogen) atoms. The Labute approximate surface area is 110 Å². The van der Waals surface area contributed by atoms with Crippen LogP contribution in [0.4, 0.5) is 0 Å². The molecule has 102 valence electrons. The van der Waals surface area contributed by atoms with Gasteiger partial charge in [0.15, 0.2) is 5.76 Å². The van der Waals surface area contributed by atoms with Crippen LogP contribution in [0.5, 0.6) is 0 Å². The molecule has 0 aliphatic carbocycles. The van der Waals surface area contributed by atoms with Gasteiger partial charge in [-0.15, -0.1) is 0 Å². The van der Waals surface area contributed by atoms with Crippen molar-refractivity contribution in [2.24, 2.45) is 5.92 Å². The molecule has 1 aromatic rings. The Hall–Kier alpha value is -0.870. The van der Waals surface area contributed by atoms with Crippen molar-refractivity contribution in [2.75, 3.05) is 19.6 Å². The van der Waals surface area contributed by atoms with Crippen LogP contribution in [0.2, 0.25) is 0 Å². The number of hydrogen-bond donors (Lipinski definition) is 1. The number of aryl methyl sites for hydroxylation is 1. The van der Waals surface area contributed by atoms with Crippen molar-refractivity contribution in [3.63, 3.8) is 0 Å². The van der Waals surface area contributed by atoms with E-state index in [0.717, 1.165) is 43.6 Å². The topological polar surface area (TPSA) is 41.3 Å². The third-order valence-corrected chi connectivity index (χ3v) is 3.37. The summed E-state index contributed by atoms with van der Waals surface area (Å²) < 4.78 is 5.31. The minimum absolute atomic E-state index is 0.608. The Morgan fingerprint density at radius 2 is 2.39 bits per heavy atom. The first-order chi connectivity index (χ1) is 8.63. The van der Waals surface area contributed by atoms with Crippen molar-refractivity contribution in [2.45, 2.75) is 46.2 Å². The fourth-order valence-electron chi connectivity index (χ4n) is 2.66. The lowest BCUT2D eigenvalue weighted by Crippen LogP contribution is -2.38. The molecule has 4 nitrogen and oxygen atoms in total. The maximum absolute atomic E-state index is 5.31. The first-order valence-corrected chi connectivity index (χ1v) is 7.01. The van der Waals surface area contributed by atoms with E-state index in [4.69, 9.17) is 4.52 Å². The zero-order valence-corrected chi connectivity index (χ0v) is 11.8. The molecule has 1 aliphatic heterocycles. The van der Waals surface area contributed by atoms with E-state index in [1.807, 2.05) is 13.0 Å². The second-order valence-electron chi connectivity index (χ2n) is 5.80. The van der Waals surface area contributed by atoms with Crippen molar-refractivity contribution in [3.05, 3.63) is 17.5 Å². The summed E-state index contributed by atoms with van der Waals surface area (Å²) >= 11 is 0. The van der Waals surface area contributed by atoms with Crippen LogP contribution in [-0.4, -0.2) is 35.7 Å². The van der Waals surface area contributed by atoms with E-state index in [9.17, 15) is 0 Å². The first-order valence-electron chi connectivity index (χ1n) is 7.01. The third kappa shape index (κ3) is 4.10. The summed E-state index contributed by atoms with van der Waals surface area (Å²) in [6, 6.07) is 2.65. The lowest BCUT2D eigenvalue weighted by Gasteiger charge is -2.24. The molecule has 0 aromatic carbocycles. The van der Waals surface area contributed by atoms with E-state index < -0.39 is 0 Å². The van der Waals surface area contributed by atoms with Gasteiger partial charge in [0.1, 0.15) is 0 Å². The summed E-state index contributed by atoms with van der Waals surface area (Å²) in [5.74, 6) is 1.73. The van der Waals surface area contributed by atoms with E-state index in [-0.39, 0.29) is 0 Å². The van der Waals surface area contributed by atoms with Gasteiger partial charge in [0.25, 0.3) is 0 Å². The van der Waals surface area contributed by atoms with Gasteiger partial charge >= 0.3 is 0 Å². The number of aromatic nitrogens is 1. The molecule has 1 fully saturated rings. The first kappa shape index (κ1) is 13.6. The van der Waals surface area contributed by atoms with Crippen LogP contribution in [-0.2, 0) is 6.54 Å². The lowest BCUT2D eigenvalue weighted by atomic mass is 10.0. The third-order valence-electron chi connectivity index (χ3n) is 3.37. The molecule has 1 N–H and O–H groups in total. The normalized spacial score (nSPS) is 22.3. The van der Waals surface area contributed by atoms with Crippen molar-refractivity contribution in [3.8, 4) is 0 Å². The van der Waals surface area contributed by atoms with E-state index in [0.29, 0.717) is 6.04 Å².